The van der Waals surface area contributed by atoms with Crippen LogP contribution in [0.3, 0.4) is 0 Å². The van der Waals surface area contributed by atoms with Crippen LogP contribution in [0.4, 0.5) is 14.9 Å². The molecule has 1 aliphatic heterocycles. The molecule has 0 saturated carbocycles. The Labute approximate surface area is 156 Å². The quantitative estimate of drug-likeness (QED) is 0.814. The number of amides is 1. The summed E-state index contributed by atoms with van der Waals surface area (Å²) in [6.45, 7) is 1.69. The van der Waals surface area contributed by atoms with Gasteiger partial charge in [0.05, 0.1) is 24.2 Å². The van der Waals surface area contributed by atoms with E-state index in [0.717, 1.165) is 0 Å². The highest BCUT2D eigenvalue weighted by Gasteiger charge is 2.33. The largest absolute Gasteiger partial charge is 0.497 e. The molecule has 1 N–H and O–H groups in total. The van der Waals surface area contributed by atoms with Gasteiger partial charge in [-0.2, -0.15) is 0 Å². The van der Waals surface area contributed by atoms with Crippen molar-refractivity contribution in [2.75, 3.05) is 25.1 Å². The Balaban J connectivity index is 1.67. The van der Waals surface area contributed by atoms with E-state index in [0.29, 0.717) is 17.0 Å². The summed E-state index contributed by atoms with van der Waals surface area (Å²) in [5, 5.41) is 0. The number of ether oxygens (including phenoxy) is 2. The Morgan fingerprint density at radius 1 is 1.30 bits per heavy atom. The number of nitrogens with zero attached hydrogens (tertiary/aromatic N) is 1. The number of sulfonamides is 1. The maximum absolute atomic E-state index is 13.3. The molecule has 1 heterocycles. The van der Waals surface area contributed by atoms with E-state index in [9.17, 15) is 17.6 Å². The van der Waals surface area contributed by atoms with Crippen LogP contribution in [0.1, 0.15) is 5.56 Å². The molecule has 0 bridgehead atoms. The lowest BCUT2D eigenvalue weighted by atomic mass is 10.2. The van der Waals surface area contributed by atoms with E-state index in [1.807, 2.05) is 0 Å². The molecule has 2 aromatic carbocycles. The standard InChI is InChI=1S/C18H19FN2O5S/c1-12-8-15(25-2)6-7-17(12)27(23,24)20-10-16-11-21(18(22)26-16)14-5-3-4-13(19)9-14/h3-9,16,20H,10-11H2,1-2H3. The van der Waals surface area contributed by atoms with Crippen LogP contribution in [0.5, 0.6) is 5.75 Å². The molecule has 3 rings (SSSR count). The van der Waals surface area contributed by atoms with Gasteiger partial charge in [0, 0.05) is 6.54 Å². The summed E-state index contributed by atoms with van der Waals surface area (Å²) in [5.41, 5.74) is 0.892. The third kappa shape index (κ3) is 4.20. The van der Waals surface area contributed by atoms with Crippen LogP contribution >= 0.6 is 0 Å². The van der Waals surface area contributed by atoms with Crippen molar-refractivity contribution in [3.8, 4) is 5.75 Å². The van der Waals surface area contributed by atoms with E-state index in [4.69, 9.17) is 9.47 Å². The van der Waals surface area contributed by atoms with E-state index in [-0.39, 0.29) is 18.0 Å². The number of hydrogen-bond acceptors (Lipinski definition) is 5. The Bertz CT molecular complexity index is 964. The van der Waals surface area contributed by atoms with Crippen molar-refractivity contribution in [1.29, 1.82) is 0 Å². The van der Waals surface area contributed by atoms with Crippen LogP contribution in [0.25, 0.3) is 0 Å². The van der Waals surface area contributed by atoms with Crippen LogP contribution in [0.15, 0.2) is 47.4 Å². The number of carbonyl (C=O) groups excluding carboxylic acids is 1. The van der Waals surface area contributed by atoms with E-state index in [1.165, 1.54) is 36.3 Å². The summed E-state index contributed by atoms with van der Waals surface area (Å²) in [5.74, 6) is 0.0846. The zero-order valence-corrected chi connectivity index (χ0v) is 15.6. The van der Waals surface area contributed by atoms with Crippen molar-refractivity contribution in [3.05, 3.63) is 53.8 Å². The second kappa shape index (κ2) is 7.53. The molecule has 0 aromatic heterocycles. The second-order valence-electron chi connectivity index (χ2n) is 6.08. The maximum Gasteiger partial charge on any atom is 0.414 e. The minimum absolute atomic E-state index is 0.0919. The number of aryl methyl sites for hydroxylation is 1. The van der Waals surface area contributed by atoms with Gasteiger partial charge in [-0.3, -0.25) is 4.90 Å². The molecule has 1 aliphatic rings. The summed E-state index contributed by atoms with van der Waals surface area (Å²) in [6, 6.07) is 10.2. The molecule has 0 spiro atoms. The second-order valence-corrected chi connectivity index (χ2v) is 7.81. The fourth-order valence-electron chi connectivity index (χ4n) is 2.81. The number of anilines is 1. The average Bonchev–Trinajstić information content (AvgIpc) is 3.00. The molecular weight excluding hydrogens is 375 g/mol. The van der Waals surface area contributed by atoms with Gasteiger partial charge in [0.1, 0.15) is 17.7 Å². The molecule has 0 aliphatic carbocycles. The Morgan fingerprint density at radius 2 is 2.07 bits per heavy atom. The van der Waals surface area contributed by atoms with Crippen LogP contribution in [0, 0.1) is 12.7 Å². The van der Waals surface area contributed by atoms with E-state index in [1.54, 1.807) is 25.1 Å². The third-order valence-electron chi connectivity index (χ3n) is 4.17. The number of rotatable bonds is 6. The van der Waals surface area contributed by atoms with Crippen molar-refractivity contribution in [3.63, 3.8) is 0 Å². The molecule has 9 heteroatoms. The third-order valence-corrected chi connectivity index (χ3v) is 5.75. The smallest absolute Gasteiger partial charge is 0.414 e. The normalized spacial score (nSPS) is 17.1. The van der Waals surface area contributed by atoms with Gasteiger partial charge in [-0.15, -0.1) is 0 Å². The number of nitrogens with one attached hydrogen (secondary N) is 1. The van der Waals surface area contributed by atoms with Gasteiger partial charge in [-0.1, -0.05) is 6.07 Å². The van der Waals surface area contributed by atoms with Crippen molar-refractivity contribution >= 4 is 21.8 Å². The van der Waals surface area contributed by atoms with Gasteiger partial charge in [-0.25, -0.2) is 22.3 Å². The zero-order valence-electron chi connectivity index (χ0n) is 14.8. The first-order chi connectivity index (χ1) is 12.8. The van der Waals surface area contributed by atoms with Crippen molar-refractivity contribution in [1.82, 2.24) is 4.72 Å². The lowest BCUT2D eigenvalue weighted by Crippen LogP contribution is -2.35. The first kappa shape index (κ1) is 19.1. The number of benzene rings is 2. The fraction of sp³-hybridized carbons (Fsp3) is 0.278. The van der Waals surface area contributed by atoms with Crippen LogP contribution in [0.2, 0.25) is 0 Å². The molecule has 1 unspecified atom stereocenters. The zero-order chi connectivity index (χ0) is 19.6. The van der Waals surface area contributed by atoms with Crippen LogP contribution in [-0.2, 0) is 14.8 Å². The monoisotopic (exact) mass is 394 g/mol. The van der Waals surface area contributed by atoms with Crippen molar-refractivity contribution in [2.24, 2.45) is 0 Å². The summed E-state index contributed by atoms with van der Waals surface area (Å²) < 4.78 is 51.1. The first-order valence-corrected chi connectivity index (χ1v) is 9.66. The molecule has 27 heavy (non-hydrogen) atoms. The summed E-state index contributed by atoms with van der Waals surface area (Å²) in [4.78, 5) is 13.4. The number of methoxy groups -OCH3 is 1. The molecule has 2 aromatic rings. The molecular formula is C18H19FN2O5S. The van der Waals surface area contributed by atoms with Gasteiger partial charge < -0.3 is 9.47 Å². The molecule has 1 atom stereocenters. The number of cyclic esters (lactones) is 1. The Kier molecular flexibility index (Phi) is 5.33. The van der Waals surface area contributed by atoms with E-state index < -0.39 is 28.0 Å². The van der Waals surface area contributed by atoms with Gasteiger partial charge in [0.15, 0.2) is 0 Å². The average molecular weight is 394 g/mol. The minimum atomic E-state index is -3.79. The van der Waals surface area contributed by atoms with E-state index >= 15 is 0 Å². The Morgan fingerprint density at radius 3 is 2.74 bits per heavy atom. The molecule has 1 saturated heterocycles. The van der Waals surface area contributed by atoms with Crippen LogP contribution in [-0.4, -0.2) is 40.8 Å². The first-order valence-electron chi connectivity index (χ1n) is 8.18. The number of halogens is 1. The van der Waals surface area contributed by atoms with Gasteiger partial charge in [0.2, 0.25) is 10.0 Å². The lowest BCUT2D eigenvalue weighted by Gasteiger charge is -2.14. The molecule has 144 valence electrons. The maximum atomic E-state index is 13.3. The van der Waals surface area contributed by atoms with Gasteiger partial charge >= 0.3 is 6.09 Å². The molecule has 1 fully saturated rings. The fourth-order valence-corrected chi connectivity index (χ4v) is 4.10. The highest BCUT2D eigenvalue weighted by molar-refractivity contribution is 7.89. The Hall–Kier alpha value is -2.65. The molecule has 7 nitrogen and oxygen atoms in total. The minimum Gasteiger partial charge on any atom is -0.497 e. The van der Waals surface area contributed by atoms with Gasteiger partial charge in [0.25, 0.3) is 0 Å². The predicted molar refractivity (Wildman–Crippen MR) is 96.9 cm³/mol. The predicted octanol–water partition coefficient (Wildman–Crippen LogP) is 2.45. The van der Waals surface area contributed by atoms with Gasteiger partial charge in [-0.05, 0) is 48.9 Å². The lowest BCUT2D eigenvalue weighted by molar-refractivity contribution is 0.143. The van der Waals surface area contributed by atoms with E-state index in [2.05, 4.69) is 4.72 Å². The highest BCUT2D eigenvalue weighted by atomic mass is 32.2. The summed E-state index contributed by atoms with van der Waals surface area (Å²) in [7, 11) is -2.29. The highest BCUT2D eigenvalue weighted by Crippen LogP contribution is 2.23. The number of hydrogen-bond donors (Lipinski definition) is 1. The summed E-state index contributed by atoms with van der Waals surface area (Å²) in [6.07, 6.45) is -1.33. The van der Waals surface area contributed by atoms with Crippen LogP contribution < -0.4 is 14.4 Å². The molecule has 1 amide bonds. The molecule has 0 radical (unpaired) electrons. The van der Waals surface area contributed by atoms with Crippen molar-refractivity contribution in [2.45, 2.75) is 17.9 Å². The SMILES string of the molecule is COc1ccc(S(=O)(=O)NCC2CN(c3cccc(F)c3)C(=O)O2)c(C)c1. The topological polar surface area (TPSA) is 84.9 Å². The van der Waals surface area contributed by atoms with Crippen molar-refractivity contribution < 1.29 is 27.1 Å². The number of carbonyl (C=O) groups is 1. The summed E-state index contributed by atoms with van der Waals surface area (Å²) >= 11 is 0.